The van der Waals surface area contributed by atoms with Crippen LogP contribution in [0, 0.1) is 11.3 Å². The molecule has 1 amide bonds. The number of carbonyl (C=O) groups is 1. The van der Waals surface area contributed by atoms with Crippen LogP contribution in [0.25, 0.3) is 5.57 Å². The third-order valence-electron chi connectivity index (χ3n) is 3.99. The first-order chi connectivity index (χ1) is 12.1. The summed E-state index contributed by atoms with van der Waals surface area (Å²) in [5, 5.41) is 8.55. The maximum atomic E-state index is 12.1. The standard InChI is InChI=1S/C18H22N2O4S/c1-22-14-10-15(23-2)18(16(11-14)24-3)13-4-7-20(8-5-13)17(21)12-25-9-6-19/h4,10-11H,5,7-9,12H2,1-3H3. The molecule has 6 nitrogen and oxygen atoms in total. The molecule has 0 aliphatic carbocycles. The van der Waals surface area contributed by atoms with Gasteiger partial charge < -0.3 is 19.1 Å². The normalized spacial score (nSPS) is 13.7. The first kappa shape index (κ1) is 19.0. The van der Waals surface area contributed by atoms with Gasteiger partial charge in [0, 0.05) is 25.2 Å². The molecule has 2 rings (SSSR count). The minimum Gasteiger partial charge on any atom is -0.496 e. The Morgan fingerprint density at radius 3 is 2.40 bits per heavy atom. The van der Waals surface area contributed by atoms with Crippen LogP contribution in [-0.4, -0.2) is 56.7 Å². The van der Waals surface area contributed by atoms with Crippen LogP contribution in [0.2, 0.25) is 0 Å². The van der Waals surface area contributed by atoms with Gasteiger partial charge in [-0.2, -0.15) is 5.26 Å². The van der Waals surface area contributed by atoms with Crippen LogP contribution in [0.5, 0.6) is 17.2 Å². The molecule has 0 unspecified atom stereocenters. The molecule has 1 aromatic rings. The average Bonchev–Trinajstić information content (AvgIpc) is 2.67. The number of thioether (sulfide) groups is 1. The summed E-state index contributed by atoms with van der Waals surface area (Å²) in [5.41, 5.74) is 1.99. The van der Waals surface area contributed by atoms with Crippen molar-refractivity contribution in [1.82, 2.24) is 4.90 Å². The second-order valence-corrected chi connectivity index (χ2v) is 6.36. The average molecular weight is 362 g/mol. The molecule has 0 N–H and O–H groups in total. The predicted octanol–water partition coefficient (Wildman–Crippen LogP) is 2.58. The molecule has 0 atom stereocenters. The minimum absolute atomic E-state index is 0.0595. The van der Waals surface area contributed by atoms with Crippen LogP contribution in [0.15, 0.2) is 18.2 Å². The zero-order valence-electron chi connectivity index (χ0n) is 14.7. The molecular weight excluding hydrogens is 340 g/mol. The first-order valence-corrected chi connectivity index (χ1v) is 9.02. The number of hydrogen-bond acceptors (Lipinski definition) is 6. The Morgan fingerprint density at radius 2 is 1.92 bits per heavy atom. The van der Waals surface area contributed by atoms with Gasteiger partial charge in [0.15, 0.2) is 0 Å². The van der Waals surface area contributed by atoms with Crippen LogP contribution in [0.3, 0.4) is 0 Å². The Hall–Kier alpha value is -2.33. The maximum Gasteiger partial charge on any atom is 0.232 e. The van der Waals surface area contributed by atoms with E-state index in [9.17, 15) is 4.79 Å². The highest BCUT2D eigenvalue weighted by Crippen LogP contribution is 2.40. The van der Waals surface area contributed by atoms with Gasteiger partial charge in [-0.3, -0.25) is 4.79 Å². The second kappa shape index (κ2) is 9.23. The van der Waals surface area contributed by atoms with Crippen molar-refractivity contribution in [2.45, 2.75) is 6.42 Å². The van der Waals surface area contributed by atoms with E-state index < -0.39 is 0 Å². The van der Waals surface area contributed by atoms with E-state index >= 15 is 0 Å². The van der Waals surface area contributed by atoms with Gasteiger partial charge in [-0.05, 0) is 12.0 Å². The fourth-order valence-electron chi connectivity index (χ4n) is 2.72. The molecule has 1 aromatic carbocycles. The number of hydrogen-bond donors (Lipinski definition) is 0. The molecule has 1 aliphatic heterocycles. The molecule has 7 heteroatoms. The molecule has 0 radical (unpaired) electrons. The molecule has 25 heavy (non-hydrogen) atoms. The SMILES string of the molecule is COc1cc(OC)c(C2=CCN(C(=O)CSCC#N)CC2)c(OC)c1. The molecule has 1 aliphatic rings. The number of carbonyl (C=O) groups excluding carboxylic acids is 1. The van der Waals surface area contributed by atoms with Crippen molar-refractivity contribution >= 4 is 23.2 Å². The Morgan fingerprint density at radius 1 is 1.24 bits per heavy atom. The van der Waals surface area contributed by atoms with Crippen molar-refractivity contribution in [1.29, 1.82) is 5.26 Å². The van der Waals surface area contributed by atoms with Crippen molar-refractivity contribution in [3.05, 3.63) is 23.8 Å². The molecule has 0 aromatic heterocycles. The number of rotatable bonds is 7. The summed E-state index contributed by atoms with van der Waals surface area (Å²) in [5.74, 6) is 2.77. The Kier molecular flexibility index (Phi) is 7.02. The number of ether oxygens (including phenoxy) is 3. The number of amides is 1. The third kappa shape index (κ3) is 4.60. The van der Waals surface area contributed by atoms with Gasteiger partial charge in [0.1, 0.15) is 17.2 Å². The van der Waals surface area contributed by atoms with E-state index in [0.717, 1.165) is 11.1 Å². The van der Waals surface area contributed by atoms with Crippen molar-refractivity contribution in [3.8, 4) is 23.3 Å². The third-order valence-corrected chi connectivity index (χ3v) is 4.77. The maximum absolute atomic E-state index is 12.1. The summed E-state index contributed by atoms with van der Waals surface area (Å²) in [6.07, 6.45) is 2.75. The zero-order chi connectivity index (χ0) is 18.2. The number of benzene rings is 1. The van der Waals surface area contributed by atoms with Crippen molar-refractivity contribution < 1.29 is 19.0 Å². The molecule has 1 heterocycles. The van der Waals surface area contributed by atoms with E-state index in [2.05, 4.69) is 0 Å². The van der Waals surface area contributed by atoms with Crippen LogP contribution >= 0.6 is 11.8 Å². The lowest BCUT2D eigenvalue weighted by Gasteiger charge is -2.28. The van der Waals surface area contributed by atoms with Gasteiger partial charge in [-0.15, -0.1) is 11.8 Å². The Balaban J connectivity index is 2.18. The zero-order valence-corrected chi connectivity index (χ0v) is 15.5. The summed E-state index contributed by atoms with van der Waals surface area (Å²) in [4.78, 5) is 13.9. The van der Waals surface area contributed by atoms with Crippen molar-refractivity contribution in [2.24, 2.45) is 0 Å². The van der Waals surface area contributed by atoms with Gasteiger partial charge in [0.05, 0.1) is 44.5 Å². The molecule has 0 spiro atoms. The van der Waals surface area contributed by atoms with E-state index in [0.29, 0.717) is 48.3 Å². The molecular formula is C18H22N2O4S. The molecule has 0 saturated heterocycles. The van der Waals surface area contributed by atoms with E-state index in [1.165, 1.54) is 11.8 Å². The smallest absolute Gasteiger partial charge is 0.232 e. The fourth-order valence-corrected chi connectivity index (χ4v) is 3.27. The highest BCUT2D eigenvalue weighted by Gasteiger charge is 2.22. The lowest BCUT2D eigenvalue weighted by atomic mass is 9.97. The molecule has 0 saturated carbocycles. The highest BCUT2D eigenvalue weighted by atomic mass is 32.2. The Bertz CT molecular complexity index is 672. The number of nitriles is 1. The predicted molar refractivity (Wildman–Crippen MR) is 98.2 cm³/mol. The van der Waals surface area contributed by atoms with Gasteiger partial charge in [-0.1, -0.05) is 6.08 Å². The van der Waals surface area contributed by atoms with Crippen LogP contribution in [0.1, 0.15) is 12.0 Å². The van der Waals surface area contributed by atoms with Gasteiger partial charge >= 0.3 is 0 Å². The molecule has 0 fully saturated rings. The summed E-state index contributed by atoms with van der Waals surface area (Å²) in [6.45, 7) is 1.18. The van der Waals surface area contributed by atoms with E-state index in [-0.39, 0.29) is 5.91 Å². The topological polar surface area (TPSA) is 71.8 Å². The van der Waals surface area contributed by atoms with E-state index in [1.54, 1.807) is 26.2 Å². The summed E-state index contributed by atoms with van der Waals surface area (Å²) < 4.78 is 16.3. The largest absolute Gasteiger partial charge is 0.496 e. The van der Waals surface area contributed by atoms with Crippen LogP contribution < -0.4 is 14.2 Å². The quantitative estimate of drug-likeness (QED) is 0.694. The van der Waals surface area contributed by atoms with Crippen molar-refractivity contribution in [2.75, 3.05) is 45.9 Å². The van der Waals surface area contributed by atoms with Crippen LogP contribution in [0.4, 0.5) is 0 Å². The lowest BCUT2D eigenvalue weighted by Crippen LogP contribution is -2.36. The van der Waals surface area contributed by atoms with Gasteiger partial charge in [0.25, 0.3) is 0 Å². The van der Waals surface area contributed by atoms with E-state index in [4.69, 9.17) is 19.5 Å². The Labute approximate surface area is 152 Å². The van der Waals surface area contributed by atoms with E-state index in [1.807, 2.05) is 24.3 Å². The lowest BCUT2D eigenvalue weighted by molar-refractivity contribution is -0.127. The minimum atomic E-state index is 0.0595. The van der Waals surface area contributed by atoms with Gasteiger partial charge in [-0.25, -0.2) is 0 Å². The number of methoxy groups -OCH3 is 3. The number of nitrogens with zero attached hydrogens (tertiary/aromatic N) is 2. The monoisotopic (exact) mass is 362 g/mol. The molecule has 0 bridgehead atoms. The second-order valence-electron chi connectivity index (χ2n) is 5.38. The fraction of sp³-hybridized carbons (Fsp3) is 0.444. The summed E-state index contributed by atoms with van der Waals surface area (Å²) >= 11 is 1.34. The first-order valence-electron chi connectivity index (χ1n) is 7.86. The van der Waals surface area contributed by atoms with Crippen molar-refractivity contribution in [3.63, 3.8) is 0 Å². The molecule has 134 valence electrons. The van der Waals surface area contributed by atoms with Gasteiger partial charge in [0.2, 0.25) is 5.91 Å². The highest BCUT2D eigenvalue weighted by molar-refractivity contribution is 8.00. The van der Waals surface area contributed by atoms with Crippen LogP contribution in [-0.2, 0) is 4.79 Å². The summed E-state index contributed by atoms with van der Waals surface area (Å²) in [6, 6.07) is 5.69. The summed E-state index contributed by atoms with van der Waals surface area (Å²) in [7, 11) is 4.83.